The van der Waals surface area contributed by atoms with Crippen molar-refractivity contribution in [3.63, 3.8) is 0 Å². The van der Waals surface area contributed by atoms with E-state index in [2.05, 4.69) is 26.1 Å². The van der Waals surface area contributed by atoms with E-state index >= 15 is 0 Å². The maximum atomic E-state index is 13.0. The molecule has 1 aromatic rings. The van der Waals surface area contributed by atoms with E-state index in [0.717, 1.165) is 12.0 Å². The Hall–Kier alpha value is -0.890. The quantitative estimate of drug-likeness (QED) is 0.757. The minimum absolute atomic E-state index is 0.145. The summed E-state index contributed by atoms with van der Waals surface area (Å²) in [6.45, 7) is 6.59. The Morgan fingerprint density at radius 3 is 2.65 bits per heavy atom. The molecule has 0 aliphatic carbocycles. The molecule has 0 bridgehead atoms. The van der Waals surface area contributed by atoms with Crippen LogP contribution in [0.25, 0.3) is 0 Å². The molecule has 0 aliphatic rings. The third-order valence-electron chi connectivity index (χ3n) is 2.99. The standard InChI is InChI=1S/C15H24FN/c1-4-5-7-12(2)17-13(3)10-14-8-6-9-15(16)11-14/h6,8-9,11-13,17H,4-5,7,10H2,1-3H3. The molecule has 17 heavy (non-hydrogen) atoms. The van der Waals surface area contributed by atoms with Crippen LogP contribution in [0.2, 0.25) is 0 Å². The SMILES string of the molecule is CCCCC(C)NC(C)Cc1cccc(F)c1. The van der Waals surface area contributed by atoms with Crippen molar-refractivity contribution in [2.24, 2.45) is 0 Å². The summed E-state index contributed by atoms with van der Waals surface area (Å²) < 4.78 is 13.0. The Bertz CT molecular complexity index is 324. The topological polar surface area (TPSA) is 12.0 Å². The van der Waals surface area contributed by atoms with E-state index in [1.807, 2.05) is 6.07 Å². The summed E-state index contributed by atoms with van der Waals surface area (Å²) in [5.41, 5.74) is 1.06. The van der Waals surface area contributed by atoms with Gasteiger partial charge in [-0.1, -0.05) is 31.9 Å². The van der Waals surface area contributed by atoms with E-state index in [9.17, 15) is 4.39 Å². The van der Waals surface area contributed by atoms with Crippen molar-refractivity contribution in [2.45, 2.75) is 58.5 Å². The summed E-state index contributed by atoms with van der Waals surface area (Å²) in [5.74, 6) is -0.145. The summed E-state index contributed by atoms with van der Waals surface area (Å²) in [5, 5.41) is 3.56. The fourth-order valence-electron chi connectivity index (χ4n) is 2.16. The lowest BCUT2D eigenvalue weighted by molar-refractivity contribution is 0.433. The van der Waals surface area contributed by atoms with Gasteiger partial charge in [-0.3, -0.25) is 0 Å². The van der Waals surface area contributed by atoms with Crippen LogP contribution in [0.4, 0.5) is 4.39 Å². The van der Waals surface area contributed by atoms with Gasteiger partial charge in [-0.15, -0.1) is 0 Å². The van der Waals surface area contributed by atoms with Gasteiger partial charge in [0.25, 0.3) is 0 Å². The minimum atomic E-state index is -0.145. The van der Waals surface area contributed by atoms with Crippen molar-refractivity contribution in [3.05, 3.63) is 35.6 Å². The smallest absolute Gasteiger partial charge is 0.123 e. The van der Waals surface area contributed by atoms with Crippen LogP contribution in [0.5, 0.6) is 0 Å². The normalized spacial score (nSPS) is 14.6. The van der Waals surface area contributed by atoms with Crippen LogP contribution in [0.1, 0.15) is 45.6 Å². The largest absolute Gasteiger partial charge is 0.311 e. The first-order valence-electron chi connectivity index (χ1n) is 6.62. The van der Waals surface area contributed by atoms with Crippen molar-refractivity contribution >= 4 is 0 Å². The number of hydrogen-bond acceptors (Lipinski definition) is 1. The number of benzene rings is 1. The first-order valence-corrected chi connectivity index (χ1v) is 6.62. The third-order valence-corrected chi connectivity index (χ3v) is 2.99. The summed E-state index contributed by atoms with van der Waals surface area (Å²) in [4.78, 5) is 0. The highest BCUT2D eigenvalue weighted by Crippen LogP contribution is 2.08. The number of nitrogens with one attached hydrogen (secondary N) is 1. The fourth-order valence-corrected chi connectivity index (χ4v) is 2.16. The van der Waals surface area contributed by atoms with Crippen LogP contribution in [-0.4, -0.2) is 12.1 Å². The zero-order chi connectivity index (χ0) is 12.7. The van der Waals surface area contributed by atoms with Gasteiger partial charge >= 0.3 is 0 Å². The Balaban J connectivity index is 2.36. The molecule has 2 unspecified atom stereocenters. The van der Waals surface area contributed by atoms with Gasteiger partial charge in [0.1, 0.15) is 5.82 Å². The monoisotopic (exact) mass is 237 g/mol. The number of unbranched alkanes of at least 4 members (excludes halogenated alkanes) is 1. The lowest BCUT2D eigenvalue weighted by atomic mass is 10.1. The number of rotatable bonds is 7. The Morgan fingerprint density at radius 2 is 2.00 bits per heavy atom. The van der Waals surface area contributed by atoms with Crippen molar-refractivity contribution in [3.8, 4) is 0 Å². The molecule has 1 nitrogen and oxygen atoms in total. The predicted octanol–water partition coefficient (Wildman–Crippen LogP) is 3.93. The fraction of sp³-hybridized carbons (Fsp3) is 0.600. The third kappa shape index (κ3) is 5.83. The van der Waals surface area contributed by atoms with E-state index in [0.29, 0.717) is 12.1 Å². The number of hydrogen-bond donors (Lipinski definition) is 1. The van der Waals surface area contributed by atoms with Gasteiger partial charge < -0.3 is 5.32 Å². The Kier molecular flexibility index (Phi) is 6.20. The van der Waals surface area contributed by atoms with Gasteiger partial charge in [0.05, 0.1) is 0 Å². The molecule has 0 saturated heterocycles. The van der Waals surface area contributed by atoms with Gasteiger partial charge in [0, 0.05) is 12.1 Å². The van der Waals surface area contributed by atoms with Gasteiger partial charge in [0.15, 0.2) is 0 Å². The van der Waals surface area contributed by atoms with Crippen LogP contribution in [0.15, 0.2) is 24.3 Å². The van der Waals surface area contributed by atoms with Crippen LogP contribution >= 0.6 is 0 Å². The lowest BCUT2D eigenvalue weighted by Crippen LogP contribution is -2.35. The molecular weight excluding hydrogens is 213 g/mol. The molecule has 0 heterocycles. The minimum Gasteiger partial charge on any atom is -0.311 e. The second-order valence-corrected chi connectivity index (χ2v) is 4.95. The van der Waals surface area contributed by atoms with E-state index in [1.54, 1.807) is 12.1 Å². The molecule has 0 fully saturated rings. The van der Waals surface area contributed by atoms with Gasteiger partial charge in [0.2, 0.25) is 0 Å². The number of halogens is 1. The average molecular weight is 237 g/mol. The predicted molar refractivity (Wildman–Crippen MR) is 71.7 cm³/mol. The van der Waals surface area contributed by atoms with Crippen LogP contribution in [0, 0.1) is 5.82 Å². The molecule has 0 spiro atoms. The summed E-state index contributed by atoms with van der Waals surface area (Å²) in [6.07, 6.45) is 4.60. The van der Waals surface area contributed by atoms with E-state index in [-0.39, 0.29) is 5.82 Å². The first kappa shape index (κ1) is 14.2. The molecule has 0 radical (unpaired) electrons. The molecule has 0 aromatic heterocycles. The summed E-state index contributed by atoms with van der Waals surface area (Å²) in [6, 6.07) is 7.80. The molecule has 0 aliphatic heterocycles. The van der Waals surface area contributed by atoms with Crippen molar-refractivity contribution in [2.75, 3.05) is 0 Å². The molecule has 1 rings (SSSR count). The zero-order valence-corrected chi connectivity index (χ0v) is 11.2. The summed E-state index contributed by atoms with van der Waals surface area (Å²) >= 11 is 0. The van der Waals surface area contributed by atoms with E-state index < -0.39 is 0 Å². The summed E-state index contributed by atoms with van der Waals surface area (Å²) in [7, 11) is 0. The van der Waals surface area contributed by atoms with E-state index in [1.165, 1.54) is 25.3 Å². The zero-order valence-electron chi connectivity index (χ0n) is 11.2. The molecule has 1 N–H and O–H groups in total. The average Bonchev–Trinajstić information content (AvgIpc) is 2.26. The van der Waals surface area contributed by atoms with E-state index in [4.69, 9.17) is 0 Å². The lowest BCUT2D eigenvalue weighted by Gasteiger charge is -2.20. The molecule has 0 saturated carbocycles. The maximum Gasteiger partial charge on any atom is 0.123 e. The van der Waals surface area contributed by atoms with Crippen molar-refractivity contribution in [1.82, 2.24) is 5.32 Å². The van der Waals surface area contributed by atoms with Crippen molar-refractivity contribution in [1.29, 1.82) is 0 Å². The van der Waals surface area contributed by atoms with Gasteiger partial charge in [-0.2, -0.15) is 0 Å². The van der Waals surface area contributed by atoms with Gasteiger partial charge in [-0.05, 0) is 44.4 Å². The highest BCUT2D eigenvalue weighted by atomic mass is 19.1. The molecule has 0 amide bonds. The highest BCUT2D eigenvalue weighted by molar-refractivity contribution is 5.17. The second kappa shape index (κ2) is 7.44. The Morgan fingerprint density at radius 1 is 1.24 bits per heavy atom. The highest BCUT2D eigenvalue weighted by Gasteiger charge is 2.08. The van der Waals surface area contributed by atoms with Crippen LogP contribution in [0.3, 0.4) is 0 Å². The molecule has 2 atom stereocenters. The first-order chi connectivity index (χ1) is 8.11. The second-order valence-electron chi connectivity index (χ2n) is 4.95. The molecule has 2 heteroatoms. The molecular formula is C15H24FN. The molecule has 96 valence electrons. The van der Waals surface area contributed by atoms with Crippen LogP contribution < -0.4 is 5.32 Å². The van der Waals surface area contributed by atoms with Gasteiger partial charge in [-0.25, -0.2) is 4.39 Å². The van der Waals surface area contributed by atoms with Crippen molar-refractivity contribution < 1.29 is 4.39 Å². The van der Waals surface area contributed by atoms with Crippen LogP contribution in [-0.2, 0) is 6.42 Å². The maximum absolute atomic E-state index is 13.0. The Labute approximate surface area is 104 Å². The molecule has 1 aromatic carbocycles.